The van der Waals surface area contributed by atoms with Gasteiger partial charge in [0.1, 0.15) is 5.75 Å². The quantitative estimate of drug-likeness (QED) is 0.761. The van der Waals surface area contributed by atoms with Crippen LogP contribution in [0.4, 0.5) is 0 Å². The van der Waals surface area contributed by atoms with E-state index in [4.69, 9.17) is 16.3 Å². The predicted molar refractivity (Wildman–Crippen MR) is 84.3 cm³/mol. The molecule has 0 saturated carbocycles. The number of hydrogen-bond acceptors (Lipinski definition) is 3. The lowest BCUT2D eigenvalue weighted by atomic mass is 10.1. The second kappa shape index (κ2) is 6.62. The van der Waals surface area contributed by atoms with Crippen molar-refractivity contribution in [3.8, 4) is 5.75 Å². The molecule has 2 rings (SSSR count). The highest BCUT2D eigenvalue weighted by molar-refractivity contribution is 14.1. The Morgan fingerprint density at radius 1 is 1.50 bits per heavy atom. The van der Waals surface area contributed by atoms with Gasteiger partial charge in [0.15, 0.2) is 0 Å². The monoisotopic (exact) mass is 408 g/mol. The van der Waals surface area contributed by atoms with Crippen LogP contribution in [0.1, 0.15) is 16.8 Å². The molecule has 1 fully saturated rings. The van der Waals surface area contributed by atoms with E-state index >= 15 is 0 Å². The maximum absolute atomic E-state index is 12.5. The maximum Gasteiger partial charge on any atom is 0.258 e. The van der Waals surface area contributed by atoms with E-state index < -0.39 is 0 Å². The molecule has 1 aromatic carbocycles. The minimum absolute atomic E-state index is 0.0611. The van der Waals surface area contributed by atoms with Crippen molar-refractivity contribution in [1.29, 1.82) is 0 Å². The summed E-state index contributed by atoms with van der Waals surface area (Å²) < 4.78 is 6.05. The van der Waals surface area contributed by atoms with E-state index in [0.29, 0.717) is 29.4 Å². The lowest BCUT2D eigenvalue weighted by Crippen LogP contribution is -2.37. The summed E-state index contributed by atoms with van der Waals surface area (Å²) in [5.74, 6) is 0.0806. The van der Waals surface area contributed by atoms with Gasteiger partial charge in [-0.2, -0.15) is 0 Å². The number of carbonyl (C=O) groups excluding carboxylic acids is 2. The number of nitrogens with zero attached hydrogens (tertiary/aromatic N) is 1. The highest BCUT2D eigenvalue weighted by Crippen LogP contribution is 2.29. The molecule has 0 spiro atoms. The Labute approximate surface area is 135 Å². The Balaban J connectivity index is 2.32. The summed E-state index contributed by atoms with van der Waals surface area (Å²) in [6.07, 6.45) is 0.734. The SMILES string of the molecule is COc1cc(I)c(Cl)cc1C(=O)N1CCCNC(=O)C1. The lowest BCUT2D eigenvalue weighted by molar-refractivity contribution is -0.121. The smallest absolute Gasteiger partial charge is 0.258 e. The van der Waals surface area contributed by atoms with E-state index in [-0.39, 0.29) is 18.4 Å². The average Bonchev–Trinajstić information content (AvgIpc) is 2.65. The third-order valence-electron chi connectivity index (χ3n) is 3.02. The van der Waals surface area contributed by atoms with E-state index in [9.17, 15) is 9.59 Å². The van der Waals surface area contributed by atoms with E-state index in [1.807, 2.05) is 0 Å². The topological polar surface area (TPSA) is 58.6 Å². The Kier molecular flexibility index (Phi) is 5.09. The zero-order valence-corrected chi connectivity index (χ0v) is 13.8. The van der Waals surface area contributed by atoms with Gasteiger partial charge >= 0.3 is 0 Å². The fourth-order valence-electron chi connectivity index (χ4n) is 2.01. The second-order valence-electron chi connectivity index (χ2n) is 4.40. The van der Waals surface area contributed by atoms with Gasteiger partial charge in [0.2, 0.25) is 5.91 Å². The highest BCUT2D eigenvalue weighted by atomic mass is 127. The minimum Gasteiger partial charge on any atom is -0.496 e. The summed E-state index contributed by atoms with van der Waals surface area (Å²) in [5.41, 5.74) is 0.382. The molecule has 1 aliphatic heterocycles. The van der Waals surface area contributed by atoms with Crippen LogP contribution in [0.2, 0.25) is 5.02 Å². The zero-order valence-electron chi connectivity index (χ0n) is 10.9. The lowest BCUT2D eigenvalue weighted by Gasteiger charge is -2.20. The summed E-state index contributed by atoms with van der Waals surface area (Å²) in [6.45, 7) is 1.18. The molecule has 5 nitrogen and oxygen atoms in total. The van der Waals surface area contributed by atoms with Crippen LogP contribution in [0.5, 0.6) is 5.75 Å². The van der Waals surface area contributed by atoms with Crippen LogP contribution in [0.25, 0.3) is 0 Å². The highest BCUT2D eigenvalue weighted by Gasteiger charge is 2.24. The zero-order chi connectivity index (χ0) is 14.7. The Bertz CT molecular complexity index is 551. The number of rotatable bonds is 2. The summed E-state index contributed by atoms with van der Waals surface area (Å²) in [6, 6.07) is 3.31. The molecule has 0 aromatic heterocycles. The van der Waals surface area contributed by atoms with Crippen molar-refractivity contribution in [1.82, 2.24) is 10.2 Å². The van der Waals surface area contributed by atoms with Gasteiger partial charge in [-0.25, -0.2) is 0 Å². The van der Waals surface area contributed by atoms with Crippen molar-refractivity contribution >= 4 is 46.0 Å². The first kappa shape index (κ1) is 15.4. The largest absolute Gasteiger partial charge is 0.496 e. The number of halogens is 2. The minimum atomic E-state index is -0.239. The van der Waals surface area contributed by atoms with Crippen LogP contribution >= 0.6 is 34.2 Å². The molecule has 1 saturated heterocycles. The van der Waals surface area contributed by atoms with Crippen molar-refractivity contribution in [3.05, 3.63) is 26.3 Å². The standard InChI is InChI=1S/C13H14ClIN2O3/c1-20-11-6-10(15)9(14)5-8(11)13(19)17-4-2-3-16-12(18)7-17/h5-6H,2-4,7H2,1H3,(H,16,18). The van der Waals surface area contributed by atoms with Crippen LogP contribution in [-0.2, 0) is 4.79 Å². The van der Waals surface area contributed by atoms with Crippen LogP contribution in [0.3, 0.4) is 0 Å². The molecule has 2 amide bonds. The maximum atomic E-state index is 12.5. The predicted octanol–water partition coefficient (Wildman–Crippen LogP) is 1.92. The molecule has 7 heteroatoms. The van der Waals surface area contributed by atoms with Gasteiger partial charge in [0.05, 0.1) is 24.2 Å². The van der Waals surface area contributed by atoms with Gasteiger partial charge in [-0.05, 0) is 41.1 Å². The number of amides is 2. The molecular formula is C13H14ClIN2O3. The van der Waals surface area contributed by atoms with Crippen molar-refractivity contribution < 1.29 is 14.3 Å². The molecule has 20 heavy (non-hydrogen) atoms. The van der Waals surface area contributed by atoms with Crippen molar-refractivity contribution in [2.75, 3.05) is 26.7 Å². The third-order valence-corrected chi connectivity index (χ3v) is 4.55. The normalized spacial score (nSPS) is 15.6. The van der Waals surface area contributed by atoms with E-state index in [2.05, 4.69) is 27.9 Å². The fourth-order valence-corrected chi connectivity index (χ4v) is 2.62. The number of hydrogen-bond donors (Lipinski definition) is 1. The average molecular weight is 409 g/mol. The van der Waals surface area contributed by atoms with Crippen LogP contribution in [-0.4, -0.2) is 43.5 Å². The van der Waals surface area contributed by atoms with Crippen LogP contribution < -0.4 is 10.1 Å². The Morgan fingerprint density at radius 3 is 2.95 bits per heavy atom. The molecule has 108 valence electrons. The van der Waals surface area contributed by atoms with E-state index in [1.165, 1.54) is 12.0 Å². The molecule has 1 aliphatic rings. The fraction of sp³-hybridized carbons (Fsp3) is 0.385. The summed E-state index contributed by atoms with van der Waals surface area (Å²) >= 11 is 8.15. The van der Waals surface area contributed by atoms with Gasteiger partial charge in [0, 0.05) is 16.7 Å². The molecule has 0 unspecified atom stereocenters. The molecule has 0 atom stereocenters. The van der Waals surface area contributed by atoms with E-state index in [0.717, 1.165) is 9.99 Å². The van der Waals surface area contributed by atoms with Gasteiger partial charge in [-0.15, -0.1) is 0 Å². The van der Waals surface area contributed by atoms with Crippen LogP contribution in [0.15, 0.2) is 12.1 Å². The van der Waals surface area contributed by atoms with Crippen molar-refractivity contribution in [3.63, 3.8) is 0 Å². The Hall–Kier alpha value is -1.02. The van der Waals surface area contributed by atoms with Crippen molar-refractivity contribution in [2.45, 2.75) is 6.42 Å². The van der Waals surface area contributed by atoms with E-state index in [1.54, 1.807) is 12.1 Å². The number of carbonyl (C=O) groups is 2. The van der Waals surface area contributed by atoms with Gasteiger partial charge in [-0.1, -0.05) is 11.6 Å². The summed E-state index contributed by atoms with van der Waals surface area (Å²) in [7, 11) is 1.51. The van der Waals surface area contributed by atoms with Gasteiger partial charge < -0.3 is 15.0 Å². The second-order valence-corrected chi connectivity index (χ2v) is 5.97. The number of benzene rings is 1. The molecule has 1 heterocycles. The third kappa shape index (κ3) is 3.35. The Morgan fingerprint density at radius 2 is 2.25 bits per heavy atom. The van der Waals surface area contributed by atoms with Crippen LogP contribution in [0, 0.1) is 3.57 Å². The summed E-state index contributed by atoms with van der Waals surface area (Å²) in [4.78, 5) is 25.6. The molecular weight excluding hydrogens is 395 g/mol. The first-order valence-corrected chi connectivity index (χ1v) is 7.57. The number of nitrogens with one attached hydrogen (secondary N) is 1. The summed E-state index contributed by atoms with van der Waals surface area (Å²) in [5, 5.41) is 3.23. The molecule has 1 N–H and O–H groups in total. The van der Waals surface area contributed by atoms with Gasteiger partial charge in [0.25, 0.3) is 5.91 Å². The molecule has 1 aromatic rings. The van der Waals surface area contributed by atoms with Gasteiger partial charge in [-0.3, -0.25) is 9.59 Å². The first-order valence-electron chi connectivity index (χ1n) is 6.12. The molecule has 0 bridgehead atoms. The number of ether oxygens (including phenoxy) is 1. The molecule has 0 aliphatic carbocycles. The first-order chi connectivity index (χ1) is 9.52. The number of methoxy groups -OCH3 is 1. The molecule has 0 radical (unpaired) electrons. The van der Waals surface area contributed by atoms with Crippen molar-refractivity contribution in [2.24, 2.45) is 0 Å².